The molecular weight excluding hydrogens is 427 g/mol. The van der Waals surface area contributed by atoms with Crippen LogP contribution in [0, 0.1) is 5.41 Å². The summed E-state index contributed by atoms with van der Waals surface area (Å²) in [5, 5.41) is 7.22. The molecule has 2 N–H and O–H groups in total. The minimum atomic E-state index is -0.0581. The minimum Gasteiger partial charge on any atom is -0.378 e. The summed E-state index contributed by atoms with van der Waals surface area (Å²) >= 11 is 0. The summed E-state index contributed by atoms with van der Waals surface area (Å²) < 4.78 is 5.71. The third kappa shape index (κ3) is 5.10. The molecule has 1 aliphatic carbocycles. The molecule has 0 bridgehead atoms. The molecule has 0 aromatic heterocycles. The molecular formula is C19H37IN4O. The normalized spacial score (nSPS) is 30.2. The van der Waals surface area contributed by atoms with Crippen LogP contribution in [-0.4, -0.2) is 62.3 Å². The second-order valence-electron chi connectivity index (χ2n) is 8.28. The van der Waals surface area contributed by atoms with E-state index in [-0.39, 0.29) is 35.0 Å². The van der Waals surface area contributed by atoms with E-state index in [1.165, 1.54) is 5.57 Å². The highest BCUT2D eigenvalue weighted by Gasteiger charge is 2.58. The van der Waals surface area contributed by atoms with Gasteiger partial charge in [-0.2, -0.15) is 0 Å². The SMILES string of the molecule is C=C(C)CN1CCC(NC(=NC)NC2CC(C)(OC)C2(C)C)CC1.I. The molecule has 2 atom stereocenters. The molecule has 5 nitrogen and oxygen atoms in total. The summed E-state index contributed by atoms with van der Waals surface area (Å²) in [6, 6.07) is 0.881. The number of nitrogens with one attached hydrogen (secondary N) is 2. The number of nitrogens with zero attached hydrogens (tertiary/aromatic N) is 2. The molecule has 0 aromatic rings. The van der Waals surface area contributed by atoms with Gasteiger partial charge in [-0.25, -0.2) is 0 Å². The number of methoxy groups -OCH3 is 1. The van der Waals surface area contributed by atoms with Crippen molar-refractivity contribution in [1.82, 2.24) is 15.5 Å². The maximum absolute atomic E-state index is 5.71. The predicted molar refractivity (Wildman–Crippen MR) is 117 cm³/mol. The Morgan fingerprint density at radius 3 is 2.28 bits per heavy atom. The summed E-state index contributed by atoms with van der Waals surface area (Å²) in [6.45, 7) is 16.1. The van der Waals surface area contributed by atoms with Crippen LogP contribution in [0.15, 0.2) is 17.1 Å². The number of hydrogen-bond acceptors (Lipinski definition) is 3. The monoisotopic (exact) mass is 464 g/mol. The van der Waals surface area contributed by atoms with Crippen molar-refractivity contribution >= 4 is 29.9 Å². The van der Waals surface area contributed by atoms with Crippen molar-refractivity contribution in [3.8, 4) is 0 Å². The van der Waals surface area contributed by atoms with Gasteiger partial charge in [-0.1, -0.05) is 26.0 Å². The van der Waals surface area contributed by atoms with Gasteiger partial charge >= 0.3 is 0 Å². The lowest BCUT2D eigenvalue weighted by molar-refractivity contribution is -0.176. The van der Waals surface area contributed by atoms with Crippen molar-refractivity contribution in [3.05, 3.63) is 12.2 Å². The molecule has 1 heterocycles. The smallest absolute Gasteiger partial charge is 0.191 e. The van der Waals surface area contributed by atoms with E-state index in [0.29, 0.717) is 12.1 Å². The van der Waals surface area contributed by atoms with Crippen LogP contribution in [0.1, 0.15) is 47.0 Å². The van der Waals surface area contributed by atoms with Crippen LogP contribution < -0.4 is 10.6 Å². The van der Waals surface area contributed by atoms with Crippen LogP contribution in [-0.2, 0) is 4.74 Å². The highest BCUT2D eigenvalue weighted by atomic mass is 127. The number of halogens is 1. The Kier molecular flexibility index (Phi) is 8.21. The third-order valence-electron chi connectivity index (χ3n) is 6.23. The maximum atomic E-state index is 5.71. The van der Waals surface area contributed by atoms with Crippen molar-refractivity contribution in [1.29, 1.82) is 0 Å². The fraction of sp³-hybridized carbons (Fsp3) is 0.842. The lowest BCUT2D eigenvalue weighted by Gasteiger charge is -2.59. The van der Waals surface area contributed by atoms with E-state index >= 15 is 0 Å². The Morgan fingerprint density at radius 1 is 1.24 bits per heavy atom. The molecule has 0 amide bonds. The van der Waals surface area contributed by atoms with E-state index in [2.05, 4.69) is 54.8 Å². The molecule has 0 radical (unpaired) electrons. The van der Waals surface area contributed by atoms with E-state index in [4.69, 9.17) is 4.74 Å². The second-order valence-corrected chi connectivity index (χ2v) is 8.28. The third-order valence-corrected chi connectivity index (χ3v) is 6.23. The Hall–Kier alpha value is -0.340. The van der Waals surface area contributed by atoms with Gasteiger partial charge in [0.2, 0.25) is 0 Å². The van der Waals surface area contributed by atoms with Crippen LogP contribution in [0.4, 0.5) is 0 Å². The first-order chi connectivity index (χ1) is 11.2. The average molecular weight is 464 g/mol. The van der Waals surface area contributed by atoms with Crippen LogP contribution in [0.25, 0.3) is 0 Å². The van der Waals surface area contributed by atoms with Crippen LogP contribution in [0.5, 0.6) is 0 Å². The van der Waals surface area contributed by atoms with Crippen molar-refractivity contribution < 1.29 is 4.74 Å². The van der Waals surface area contributed by atoms with E-state index in [1.54, 1.807) is 0 Å². The molecule has 6 heteroatoms. The summed E-state index contributed by atoms with van der Waals surface area (Å²) in [6.07, 6.45) is 3.31. The summed E-state index contributed by atoms with van der Waals surface area (Å²) in [7, 11) is 3.66. The first-order valence-corrected chi connectivity index (χ1v) is 9.13. The van der Waals surface area contributed by atoms with E-state index < -0.39 is 0 Å². The van der Waals surface area contributed by atoms with Gasteiger partial charge in [0, 0.05) is 51.3 Å². The number of guanidine groups is 1. The Morgan fingerprint density at radius 2 is 1.84 bits per heavy atom. The first-order valence-electron chi connectivity index (χ1n) is 9.13. The molecule has 25 heavy (non-hydrogen) atoms. The fourth-order valence-electron chi connectivity index (χ4n) is 3.87. The molecule has 1 saturated carbocycles. The molecule has 0 spiro atoms. The minimum absolute atomic E-state index is 0. The zero-order chi connectivity index (χ0) is 18.0. The highest BCUT2D eigenvalue weighted by molar-refractivity contribution is 14.0. The highest BCUT2D eigenvalue weighted by Crippen LogP contribution is 2.51. The number of ether oxygens (including phenoxy) is 1. The standard InChI is InChI=1S/C19H36N4O.HI/c1-14(2)13-23-10-8-15(9-11-23)21-17(20-6)22-16-12-19(5,24-7)18(16,3)4;/h15-16H,1,8-13H2,2-7H3,(H2,20,21,22);1H. The fourth-order valence-corrected chi connectivity index (χ4v) is 3.87. The topological polar surface area (TPSA) is 48.9 Å². The second kappa shape index (κ2) is 9.04. The van der Waals surface area contributed by atoms with Crippen LogP contribution in [0.2, 0.25) is 0 Å². The van der Waals surface area contributed by atoms with Gasteiger partial charge in [0.05, 0.1) is 5.60 Å². The van der Waals surface area contributed by atoms with Gasteiger partial charge < -0.3 is 15.4 Å². The van der Waals surface area contributed by atoms with Crippen molar-refractivity contribution in [2.75, 3.05) is 33.8 Å². The first kappa shape index (κ1) is 22.7. The summed E-state index contributed by atoms with van der Waals surface area (Å²) in [5.41, 5.74) is 1.27. The molecule has 146 valence electrons. The summed E-state index contributed by atoms with van der Waals surface area (Å²) in [5.74, 6) is 0.921. The van der Waals surface area contributed by atoms with Crippen molar-refractivity contribution in [2.45, 2.75) is 64.6 Å². The van der Waals surface area contributed by atoms with E-state index in [9.17, 15) is 0 Å². The molecule has 2 unspecified atom stereocenters. The number of aliphatic imine (C=N–C) groups is 1. The average Bonchev–Trinajstić information content (AvgIpc) is 2.54. The van der Waals surface area contributed by atoms with Crippen LogP contribution >= 0.6 is 24.0 Å². The lowest BCUT2D eigenvalue weighted by atomic mass is 9.56. The van der Waals surface area contributed by atoms with Gasteiger partial charge in [-0.05, 0) is 33.1 Å². The molecule has 1 aliphatic heterocycles. The number of rotatable bonds is 5. The van der Waals surface area contributed by atoms with E-state index in [0.717, 1.165) is 44.9 Å². The molecule has 1 saturated heterocycles. The van der Waals surface area contributed by atoms with Crippen molar-refractivity contribution in [3.63, 3.8) is 0 Å². The molecule has 2 rings (SSSR count). The van der Waals surface area contributed by atoms with Crippen molar-refractivity contribution in [2.24, 2.45) is 10.4 Å². The largest absolute Gasteiger partial charge is 0.378 e. The van der Waals surface area contributed by atoms with Gasteiger partial charge in [-0.3, -0.25) is 9.89 Å². The van der Waals surface area contributed by atoms with Gasteiger partial charge in [0.1, 0.15) is 0 Å². The maximum Gasteiger partial charge on any atom is 0.191 e. The number of hydrogen-bond donors (Lipinski definition) is 2. The lowest BCUT2D eigenvalue weighted by Crippen LogP contribution is -2.69. The Bertz CT molecular complexity index is 486. The van der Waals surface area contributed by atoms with Gasteiger partial charge in [-0.15, -0.1) is 24.0 Å². The molecule has 2 fully saturated rings. The molecule has 2 aliphatic rings. The van der Waals surface area contributed by atoms with E-state index in [1.807, 2.05) is 14.2 Å². The van der Waals surface area contributed by atoms with Crippen LogP contribution in [0.3, 0.4) is 0 Å². The van der Waals surface area contributed by atoms with Gasteiger partial charge in [0.15, 0.2) is 5.96 Å². The quantitative estimate of drug-likeness (QED) is 0.284. The molecule has 0 aromatic carbocycles. The Balaban J connectivity index is 0.00000312. The zero-order valence-corrected chi connectivity index (χ0v) is 19.1. The summed E-state index contributed by atoms with van der Waals surface area (Å²) in [4.78, 5) is 6.92. The van der Waals surface area contributed by atoms with Gasteiger partial charge in [0.25, 0.3) is 0 Å². The number of piperidine rings is 1. The Labute approximate surface area is 171 Å². The predicted octanol–water partition coefficient (Wildman–Crippen LogP) is 3.01. The zero-order valence-electron chi connectivity index (χ0n) is 16.8. The number of likely N-dealkylation sites (tertiary alicyclic amines) is 1.